The number of carbonyl (C=O) groups is 2. The smallest absolute Gasteiger partial charge is 0.328 e. The fraction of sp³-hybridized carbons (Fsp3) is 0. The summed E-state index contributed by atoms with van der Waals surface area (Å²) in [4.78, 5) is 19.1. The first-order valence-electron chi connectivity index (χ1n) is 1.77. The Morgan fingerprint density at radius 2 is 1.20 bits per heavy atom. The third kappa shape index (κ3) is 16.1. The Morgan fingerprint density at radius 3 is 1.30 bits per heavy atom. The molecular formula is C4H4ErO4Pr. The van der Waals surface area contributed by atoms with Gasteiger partial charge in [0.25, 0.3) is 0 Å². The van der Waals surface area contributed by atoms with E-state index in [-0.39, 0.29) is 78.6 Å². The molecule has 1 radical (unpaired) electrons. The summed E-state index contributed by atoms with van der Waals surface area (Å²) in [5, 5.41) is 15.6. The van der Waals surface area contributed by atoms with Gasteiger partial charge in [-0.25, -0.2) is 9.59 Å². The third-order valence-corrected chi connectivity index (χ3v) is 0.368. The van der Waals surface area contributed by atoms with E-state index in [1.807, 2.05) is 0 Å². The summed E-state index contributed by atoms with van der Waals surface area (Å²) >= 11 is 0. The maximum absolute atomic E-state index is 9.55. The average Bonchev–Trinajstić information content (AvgIpc) is 1.61. The molecule has 0 amide bonds. The van der Waals surface area contributed by atoms with E-state index in [9.17, 15) is 9.59 Å². The van der Waals surface area contributed by atoms with E-state index >= 15 is 0 Å². The molecule has 0 aromatic carbocycles. The number of carboxylic acids is 2. The van der Waals surface area contributed by atoms with Crippen molar-refractivity contribution in [1.29, 1.82) is 0 Å². The van der Waals surface area contributed by atoms with Crippen molar-refractivity contribution >= 4 is 11.9 Å². The molecule has 2 N–H and O–H groups in total. The minimum absolute atomic E-state index is 0. The topological polar surface area (TPSA) is 74.6 Å². The average molecular weight is 424 g/mol. The van der Waals surface area contributed by atoms with Crippen LogP contribution in [0, 0.1) is 78.6 Å². The summed E-state index contributed by atoms with van der Waals surface area (Å²) in [6.07, 6.45) is 1.12. The summed E-state index contributed by atoms with van der Waals surface area (Å²) < 4.78 is 0. The van der Waals surface area contributed by atoms with Gasteiger partial charge in [0.05, 0.1) is 0 Å². The molecule has 0 aromatic rings. The van der Waals surface area contributed by atoms with E-state index in [2.05, 4.69) is 0 Å². The summed E-state index contributed by atoms with van der Waals surface area (Å²) in [6.45, 7) is 0. The summed E-state index contributed by atoms with van der Waals surface area (Å²) in [7, 11) is 0. The molecule has 0 aliphatic rings. The molecule has 0 aliphatic carbocycles. The largest absolute Gasteiger partial charge is 0.478 e. The van der Waals surface area contributed by atoms with Crippen LogP contribution in [0.2, 0.25) is 0 Å². The minimum Gasteiger partial charge on any atom is -0.478 e. The summed E-state index contributed by atoms with van der Waals surface area (Å²) in [5.41, 5.74) is 0. The molecule has 0 aromatic heterocycles. The predicted octanol–water partition coefficient (Wildman–Crippen LogP) is -0.288. The van der Waals surface area contributed by atoms with Crippen LogP contribution in [0.15, 0.2) is 12.2 Å². The second kappa shape index (κ2) is 10.3. The van der Waals surface area contributed by atoms with Gasteiger partial charge < -0.3 is 10.2 Å². The molecule has 0 atom stereocenters. The van der Waals surface area contributed by atoms with Crippen molar-refractivity contribution in [1.82, 2.24) is 0 Å². The quantitative estimate of drug-likeness (QED) is 0.598. The van der Waals surface area contributed by atoms with Gasteiger partial charge in [-0.2, -0.15) is 0 Å². The summed E-state index contributed by atoms with van der Waals surface area (Å²) in [5.74, 6) is -2.51. The van der Waals surface area contributed by atoms with E-state index in [0.29, 0.717) is 12.2 Å². The van der Waals surface area contributed by atoms with E-state index < -0.39 is 11.9 Å². The number of aliphatic carboxylic acids is 2. The zero-order valence-corrected chi connectivity index (χ0v) is 10.3. The summed E-state index contributed by atoms with van der Waals surface area (Å²) in [6, 6.07) is 0. The van der Waals surface area contributed by atoms with Crippen LogP contribution in [0.1, 0.15) is 0 Å². The van der Waals surface area contributed by atoms with Crippen molar-refractivity contribution in [3.05, 3.63) is 12.2 Å². The Labute approximate surface area is 120 Å². The van der Waals surface area contributed by atoms with Crippen LogP contribution in [0.25, 0.3) is 0 Å². The Bertz CT molecular complexity index is 128. The van der Waals surface area contributed by atoms with Crippen molar-refractivity contribution < 1.29 is 98.4 Å². The molecule has 4 nitrogen and oxygen atoms in total. The fourth-order valence-electron chi connectivity index (χ4n) is 0.143. The van der Waals surface area contributed by atoms with Gasteiger partial charge in [0.15, 0.2) is 0 Å². The van der Waals surface area contributed by atoms with E-state index in [4.69, 9.17) is 10.2 Å². The number of carboxylic acid groups (broad SMARTS) is 2. The van der Waals surface area contributed by atoms with Crippen molar-refractivity contribution in [3.8, 4) is 0 Å². The van der Waals surface area contributed by atoms with Gasteiger partial charge in [0, 0.05) is 90.7 Å². The molecule has 0 spiro atoms. The van der Waals surface area contributed by atoms with Crippen molar-refractivity contribution in [2.24, 2.45) is 0 Å². The van der Waals surface area contributed by atoms with Crippen LogP contribution in [0.3, 0.4) is 0 Å². The maximum atomic E-state index is 9.55. The molecule has 6 heteroatoms. The zero-order valence-electron chi connectivity index (χ0n) is 4.73. The molecule has 0 unspecified atom stereocenters. The number of hydrogen-bond acceptors (Lipinski definition) is 2. The molecule has 59 valence electrons. The molecule has 0 fully saturated rings. The molecule has 0 rings (SSSR count). The SMILES string of the molecule is O=C(O)/C=C\C(=O)O.[Er].[Pr]. The molecule has 0 saturated heterocycles. The molecular weight excluding hydrogens is 420 g/mol. The van der Waals surface area contributed by atoms with Gasteiger partial charge in [0.1, 0.15) is 0 Å². The second-order valence-corrected chi connectivity index (χ2v) is 1.01. The monoisotopic (exact) mass is 423 g/mol. The first-order valence-corrected chi connectivity index (χ1v) is 1.77. The minimum atomic E-state index is -1.26. The maximum Gasteiger partial charge on any atom is 0.328 e. The molecule has 0 saturated carbocycles. The first-order chi connectivity index (χ1) is 3.63. The van der Waals surface area contributed by atoms with E-state index in [1.54, 1.807) is 0 Å². The Morgan fingerprint density at radius 1 is 1.00 bits per heavy atom. The van der Waals surface area contributed by atoms with Gasteiger partial charge in [0.2, 0.25) is 0 Å². The van der Waals surface area contributed by atoms with Gasteiger partial charge in [-0.05, 0) is 0 Å². The van der Waals surface area contributed by atoms with Crippen LogP contribution >= 0.6 is 0 Å². The first kappa shape index (κ1) is 17.4. The standard InChI is InChI=1S/C4H4O4.Er.Pr/c5-3(6)1-2-4(7)8;;/h1-2H,(H,5,6)(H,7,8);;/b2-1-;;. The Kier molecular flexibility index (Phi) is 17.9. The van der Waals surface area contributed by atoms with Crippen molar-refractivity contribution in [3.63, 3.8) is 0 Å². The third-order valence-electron chi connectivity index (χ3n) is 0.368. The predicted molar refractivity (Wildman–Crippen MR) is 24.4 cm³/mol. The number of rotatable bonds is 2. The van der Waals surface area contributed by atoms with Crippen molar-refractivity contribution in [2.45, 2.75) is 0 Å². The van der Waals surface area contributed by atoms with Crippen molar-refractivity contribution in [2.75, 3.05) is 0 Å². The molecule has 0 aliphatic heterocycles. The molecule has 0 heterocycles. The van der Waals surface area contributed by atoms with Gasteiger partial charge >= 0.3 is 11.9 Å². The fourth-order valence-corrected chi connectivity index (χ4v) is 0.143. The van der Waals surface area contributed by atoms with Crippen LogP contribution in [-0.2, 0) is 9.59 Å². The second-order valence-electron chi connectivity index (χ2n) is 1.01. The van der Waals surface area contributed by atoms with Gasteiger partial charge in [-0.3, -0.25) is 0 Å². The van der Waals surface area contributed by atoms with Gasteiger partial charge in [-0.15, -0.1) is 0 Å². The van der Waals surface area contributed by atoms with Crippen LogP contribution in [0.4, 0.5) is 0 Å². The molecule has 10 heavy (non-hydrogen) atoms. The molecule has 0 bridgehead atoms. The Balaban J connectivity index is -0.000000245. The Hall–Kier alpha value is 1.29. The van der Waals surface area contributed by atoms with Gasteiger partial charge in [-0.1, -0.05) is 0 Å². The van der Waals surface area contributed by atoms with Crippen LogP contribution < -0.4 is 0 Å². The zero-order chi connectivity index (χ0) is 6.57. The van der Waals surface area contributed by atoms with Crippen LogP contribution in [-0.4, -0.2) is 22.2 Å². The van der Waals surface area contributed by atoms with E-state index in [0.717, 1.165) is 0 Å². The normalized spacial score (nSPS) is 7.60. The number of hydrogen-bond donors (Lipinski definition) is 2. The van der Waals surface area contributed by atoms with Crippen LogP contribution in [0.5, 0.6) is 0 Å². The van der Waals surface area contributed by atoms with E-state index in [1.165, 1.54) is 0 Å².